The third kappa shape index (κ3) is 2.48. The van der Waals surface area contributed by atoms with Crippen LogP contribution in [0, 0.1) is 17.5 Å². The van der Waals surface area contributed by atoms with E-state index in [0.717, 1.165) is 17.2 Å². The minimum absolute atomic E-state index is 0.0980. The minimum Gasteiger partial charge on any atom is -0.379 e. The molecular formula is C15H11ClF3N. The molecule has 0 aliphatic heterocycles. The fraction of sp³-hybridized carbons (Fsp3) is 0.200. The molecule has 0 saturated carbocycles. The average molecular weight is 298 g/mol. The van der Waals surface area contributed by atoms with Gasteiger partial charge in [0.15, 0.2) is 11.6 Å². The Kier molecular flexibility index (Phi) is 3.34. The summed E-state index contributed by atoms with van der Waals surface area (Å²) >= 11 is 5.92. The highest BCUT2D eigenvalue weighted by Crippen LogP contribution is 2.28. The number of anilines is 1. The van der Waals surface area contributed by atoms with Gasteiger partial charge in [-0.05, 0) is 36.1 Å². The molecule has 1 unspecified atom stereocenters. The summed E-state index contributed by atoms with van der Waals surface area (Å²) in [6.45, 7) is 0. The Morgan fingerprint density at radius 1 is 1.00 bits per heavy atom. The maximum Gasteiger partial charge on any atom is 0.182 e. The summed E-state index contributed by atoms with van der Waals surface area (Å²) in [6.07, 6.45) is 1.32. The summed E-state index contributed by atoms with van der Waals surface area (Å²) in [6, 6.07) is 6.98. The lowest BCUT2D eigenvalue weighted by atomic mass is 10.1. The molecule has 0 fully saturated rings. The van der Waals surface area contributed by atoms with Crippen molar-refractivity contribution in [2.75, 3.05) is 5.32 Å². The molecule has 0 saturated heterocycles. The number of rotatable bonds is 2. The van der Waals surface area contributed by atoms with Crippen molar-refractivity contribution >= 4 is 17.3 Å². The summed E-state index contributed by atoms with van der Waals surface area (Å²) in [5.74, 6) is -3.05. The molecule has 2 aromatic rings. The van der Waals surface area contributed by atoms with E-state index >= 15 is 0 Å². The van der Waals surface area contributed by atoms with Gasteiger partial charge in [-0.2, -0.15) is 0 Å². The molecule has 104 valence electrons. The Balaban J connectivity index is 1.81. The van der Waals surface area contributed by atoms with E-state index in [4.69, 9.17) is 11.6 Å². The molecule has 20 heavy (non-hydrogen) atoms. The Labute approximate surface area is 119 Å². The van der Waals surface area contributed by atoms with Gasteiger partial charge in [0.1, 0.15) is 5.82 Å². The molecule has 5 heteroatoms. The standard InChI is InChI=1S/C15H11ClF3N/c16-10-2-1-8-4-12(5-9(8)3-10)20-14-7-11(17)6-13(18)15(14)19/h1-3,6-7,12,20H,4-5H2. The monoisotopic (exact) mass is 297 g/mol. The lowest BCUT2D eigenvalue weighted by Gasteiger charge is -2.14. The minimum atomic E-state index is -1.19. The normalized spacial score (nSPS) is 17.1. The molecule has 0 radical (unpaired) electrons. The molecular weight excluding hydrogens is 287 g/mol. The Bertz CT molecular complexity index is 672. The van der Waals surface area contributed by atoms with E-state index in [2.05, 4.69) is 5.32 Å². The largest absolute Gasteiger partial charge is 0.379 e. The number of nitrogens with one attached hydrogen (secondary N) is 1. The molecule has 3 rings (SSSR count). The third-order valence-corrected chi connectivity index (χ3v) is 3.69. The highest BCUT2D eigenvalue weighted by molar-refractivity contribution is 6.30. The summed E-state index contributed by atoms with van der Waals surface area (Å²) in [4.78, 5) is 0. The van der Waals surface area contributed by atoms with Gasteiger partial charge in [-0.1, -0.05) is 17.7 Å². The van der Waals surface area contributed by atoms with Crippen molar-refractivity contribution in [1.82, 2.24) is 0 Å². The maximum atomic E-state index is 13.6. The SMILES string of the molecule is Fc1cc(F)c(F)c(NC2Cc3ccc(Cl)cc3C2)c1. The molecule has 1 atom stereocenters. The van der Waals surface area contributed by atoms with Crippen molar-refractivity contribution in [3.05, 3.63) is 63.9 Å². The van der Waals surface area contributed by atoms with E-state index in [1.165, 1.54) is 0 Å². The van der Waals surface area contributed by atoms with Gasteiger partial charge in [-0.3, -0.25) is 0 Å². The van der Waals surface area contributed by atoms with Crippen LogP contribution >= 0.6 is 11.6 Å². The van der Waals surface area contributed by atoms with E-state index in [1.807, 2.05) is 12.1 Å². The zero-order valence-electron chi connectivity index (χ0n) is 10.4. The van der Waals surface area contributed by atoms with Gasteiger partial charge in [0.2, 0.25) is 0 Å². The summed E-state index contributed by atoms with van der Waals surface area (Å²) in [5, 5.41) is 3.50. The van der Waals surface area contributed by atoms with Crippen LogP contribution < -0.4 is 5.32 Å². The maximum absolute atomic E-state index is 13.6. The van der Waals surface area contributed by atoms with E-state index in [0.29, 0.717) is 23.9 Å². The summed E-state index contributed by atoms with van der Waals surface area (Å²) in [7, 11) is 0. The molecule has 1 aliphatic carbocycles. The molecule has 0 aromatic heterocycles. The Morgan fingerprint density at radius 3 is 2.55 bits per heavy atom. The first-order chi connectivity index (χ1) is 9.52. The molecule has 2 aromatic carbocycles. The van der Waals surface area contributed by atoms with Gasteiger partial charge >= 0.3 is 0 Å². The van der Waals surface area contributed by atoms with E-state index < -0.39 is 17.5 Å². The van der Waals surface area contributed by atoms with Gasteiger partial charge in [-0.25, -0.2) is 13.2 Å². The highest BCUT2D eigenvalue weighted by Gasteiger charge is 2.23. The number of fused-ring (bicyclic) bond motifs is 1. The van der Waals surface area contributed by atoms with Crippen LogP contribution in [-0.4, -0.2) is 6.04 Å². The fourth-order valence-corrected chi connectivity index (χ4v) is 2.76. The first-order valence-electron chi connectivity index (χ1n) is 6.21. The first kappa shape index (κ1) is 13.3. The number of benzene rings is 2. The smallest absolute Gasteiger partial charge is 0.182 e. The second kappa shape index (κ2) is 5.02. The second-order valence-electron chi connectivity index (χ2n) is 4.91. The lowest BCUT2D eigenvalue weighted by molar-refractivity contribution is 0.496. The van der Waals surface area contributed by atoms with Gasteiger partial charge in [0.05, 0.1) is 5.69 Å². The van der Waals surface area contributed by atoms with Crippen LogP contribution in [0.15, 0.2) is 30.3 Å². The molecule has 1 N–H and O–H groups in total. The van der Waals surface area contributed by atoms with Crippen LogP contribution in [0.3, 0.4) is 0 Å². The van der Waals surface area contributed by atoms with Crippen molar-refractivity contribution in [2.24, 2.45) is 0 Å². The second-order valence-corrected chi connectivity index (χ2v) is 5.35. The van der Waals surface area contributed by atoms with Crippen LogP contribution in [0.1, 0.15) is 11.1 Å². The first-order valence-corrected chi connectivity index (χ1v) is 6.59. The predicted octanol–water partition coefficient (Wildman–Crippen LogP) is 4.34. The Hall–Kier alpha value is -1.68. The fourth-order valence-electron chi connectivity index (χ4n) is 2.57. The van der Waals surface area contributed by atoms with Gasteiger partial charge in [0.25, 0.3) is 0 Å². The van der Waals surface area contributed by atoms with E-state index in [1.54, 1.807) is 6.07 Å². The van der Waals surface area contributed by atoms with Crippen LogP contribution in [0.2, 0.25) is 5.02 Å². The summed E-state index contributed by atoms with van der Waals surface area (Å²) in [5.41, 5.74) is 2.04. The molecule has 0 spiro atoms. The lowest BCUT2D eigenvalue weighted by Crippen LogP contribution is -2.20. The van der Waals surface area contributed by atoms with Crippen LogP contribution in [-0.2, 0) is 12.8 Å². The van der Waals surface area contributed by atoms with Gasteiger partial charge in [0, 0.05) is 23.2 Å². The van der Waals surface area contributed by atoms with Crippen molar-refractivity contribution < 1.29 is 13.2 Å². The molecule has 0 heterocycles. The average Bonchev–Trinajstić information content (AvgIpc) is 2.76. The van der Waals surface area contributed by atoms with E-state index in [9.17, 15) is 13.2 Å². The predicted molar refractivity (Wildman–Crippen MR) is 72.6 cm³/mol. The van der Waals surface area contributed by atoms with Crippen molar-refractivity contribution in [2.45, 2.75) is 18.9 Å². The molecule has 0 bridgehead atoms. The van der Waals surface area contributed by atoms with Crippen molar-refractivity contribution in [3.8, 4) is 0 Å². The molecule has 0 amide bonds. The topological polar surface area (TPSA) is 12.0 Å². The number of halogens is 4. The molecule has 1 nitrogen and oxygen atoms in total. The Morgan fingerprint density at radius 2 is 1.75 bits per heavy atom. The number of hydrogen-bond donors (Lipinski definition) is 1. The third-order valence-electron chi connectivity index (χ3n) is 3.45. The van der Waals surface area contributed by atoms with Crippen LogP contribution in [0.25, 0.3) is 0 Å². The summed E-state index contributed by atoms with van der Waals surface area (Å²) < 4.78 is 39.9. The van der Waals surface area contributed by atoms with E-state index in [-0.39, 0.29) is 11.7 Å². The van der Waals surface area contributed by atoms with Gasteiger partial charge in [-0.15, -0.1) is 0 Å². The van der Waals surface area contributed by atoms with Crippen molar-refractivity contribution in [1.29, 1.82) is 0 Å². The van der Waals surface area contributed by atoms with Crippen LogP contribution in [0.4, 0.5) is 18.9 Å². The zero-order valence-corrected chi connectivity index (χ0v) is 11.1. The van der Waals surface area contributed by atoms with Crippen molar-refractivity contribution in [3.63, 3.8) is 0 Å². The molecule has 1 aliphatic rings. The quantitative estimate of drug-likeness (QED) is 0.813. The highest BCUT2D eigenvalue weighted by atomic mass is 35.5. The zero-order chi connectivity index (χ0) is 14.3. The number of hydrogen-bond acceptors (Lipinski definition) is 1. The van der Waals surface area contributed by atoms with Gasteiger partial charge < -0.3 is 5.32 Å². The van der Waals surface area contributed by atoms with Crippen LogP contribution in [0.5, 0.6) is 0 Å².